The molecule has 0 atom stereocenters. The summed E-state index contributed by atoms with van der Waals surface area (Å²) in [6.07, 6.45) is 2.51. The van der Waals surface area contributed by atoms with Crippen molar-refractivity contribution in [3.05, 3.63) is 57.4 Å². The van der Waals surface area contributed by atoms with Crippen LogP contribution in [0, 0.1) is 0 Å². The molecule has 1 aromatic heterocycles. The lowest BCUT2D eigenvalue weighted by atomic mass is 10.3. The molecule has 4 nitrogen and oxygen atoms in total. The van der Waals surface area contributed by atoms with Crippen LogP contribution in [0.1, 0.15) is 6.42 Å². The molecule has 0 unspecified atom stereocenters. The van der Waals surface area contributed by atoms with E-state index in [1.165, 1.54) is 0 Å². The van der Waals surface area contributed by atoms with E-state index in [4.69, 9.17) is 10.5 Å². The molecule has 2 aromatic rings. The van der Waals surface area contributed by atoms with Crippen molar-refractivity contribution >= 4 is 21.6 Å². The molecule has 0 saturated heterocycles. The maximum absolute atomic E-state index is 11.7. The number of nitrogens with two attached hydrogens (primary N) is 1. The molecule has 0 bridgehead atoms. The lowest BCUT2D eigenvalue weighted by Gasteiger charge is -2.09. The van der Waals surface area contributed by atoms with Gasteiger partial charge in [-0.3, -0.25) is 4.79 Å². The normalized spacial score (nSPS) is 10.4. The first kappa shape index (κ1) is 13.7. The molecule has 19 heavy (non-hydrogen) atoms. The van der Waals surface area contributed by atoms with E-state index in [0.29, 0.717) is 29.1 Å². The summed E-state index contributed by atoms with van der Waals surface area (Å²) in [5, 5.41) is 0. The fourth-order valence-corrected chi connectivity index (χ4v) is 2.09. The second-order valence-electron chi connectivity index (χ2n) is 4.09. The van der Waals surface area contributed by atoms with Crippen molar-refractivity contribution in [2.45, 2.75) is 13.0 Å². The smallest absolute Gasteiger partial charge is 0.264 e. The minimum Gasteiger partial charge on any atom is -0.491 e. The van der Waals surface area contributed by atoms with Gasteiger partial charge in [-0.2, -0.15) is 0 Å². The fraction of sp³-hybridized carbons (Fsp3) is 0.214. The number of rotatable bonds is 5. The Morgan fingerprint density at radius 3 is 2.79 bits per heavy atom. The van der Waals surface area contributed by atoms with Gasteiger partial charge in [0.1, 0.15) is 5.75 Å². The predicted molar refractivity (Wildman–Crippen MR) is 79.4 cm³/mol. The average molecular weight is 323 g/mol. The second kappa shape index (κ2) is 6.43. The third-order valence-corrected chi connectivity index (χ3v) is 3.30. The number of aromatic nitrogens is 1. The third-order valence-electron chi connectivity index (χ3n) is 2.69. The number of aryl methyl sites for hydroxylation is 1. The number of para-hydroxylation sites is 2. The van der Waals surface area contributed by atoms with Gasteiger partial charge >= 0.3 is 0 Å². The van der Waals surface area contributed by atoms with Crippen LogP contribution in [0.25, 0.3) is 0 Å². The van der Waals surface area contributed by atoms with Crippen LogP contribution in [0.2, 0.25) is 0 Å². The van der Waals surface area contributed by atoms with Gasteiger partial charge in [0.2, 0.25) is 0 Å². The summed E-state index contributed by atoms with van der Waals surface area (Å²) in [7, 11) is 0. The van der Waals surface area contributed by atoms with Crippen molar-refractivity contribution in [3.8, 4) is 5.75 Å². The largest absolute Gasteiger partial charge is 0.491 e. The molecule has 0 saturated carbocycles. The highest BCUT2D eigenvalue weighted by molar-refractivity contribution is 9.10. The first-order valence-electron chi connectivity index (χ1n) is 6.01. The number of halogens is 1. The van der Waals surface area contributed by atoms with Gasteiger partial charge in [0, 0.05) is 12.7 Å². The zero-order valence-corrected chi connectivity index (χ0v) is 12.0. The zero-order valence-electron chi connectivity index (χ0n) is 10.4. The van der Waals surface area contributed by atoms with Crippen LogP contribution < -0.4 is 16.0 Å². The number of nitrogens with zero attached hydrogens (tertiary/aromatic N) is 1. The molecule has 0 radical (unpaired) electrons. The Labute approximate surface area is 119 Å². The zero-order chi connectivity index (χ0) is 13.7. The number of hydrogen-bond donors (Lipinski definition) is 1. The van der Waals surface area contributed by atoms with Crippen molar-refractivity contribution in [1.29, 1.82) is 0 Å². The lowest BCUT2D eigenvalue weighted by molar-refractivity contribution is 0.302. The number of ether oxygens (including phenoxy) is 1. The van der Waals surface area contributed by atoms with Crippen molar-refractivity contribution in [1.82, 2.24) is 4.57 Å². The summed E-state index contributed by atoms with van der Waals surface area (Å²) in [5.74, 6) is 0.684. The van der Waals surface area contributed by atoms with E-state index < -0.39 is 0 Å². The van der Waals surface area contributed by atoms with E-state index in [1.807, 2.05) is 24.3 Å². The number of hydrogen-bond acceptors (Lipinski definition) is 3. The van der Waals surface area contributed by atoms with Gasteiger partial charge in [-0.15, -0.1) is 0 Å². The molecule has 2 N–H and O–H groups in total. The number of benzene rings is 1. The van der Waals surface area contributed by atoms with E-state index >= 15 is 0 Å². The van der Waals surface area contributed by atoms with Crippen molar-refractivity contribution < 1.29 is 4.74 Å². The minimum atomic E-state index is -0.0262. The average Bonchev–Trinajstić information content (AvgIpc) is 2.41. The van der Waals surface area contributed by atoms with Gasteiger partial charge in [0.15, 0.2) is 0 Å². The van der Waals surface area contributed by atoms with Gasteiger partial charge < -0.3 is 15.0 Å². The topological polar surface area (TPSA) is 57.2 Å². The lowest BCUT2D eigenvalue weighted by Crippen LogP contribution is -2.20. The molecule has 1 heterocycles. The monoisotopic (exact) mass is 322 g/mol. The van der Waals surface area contributed by atoms with Crippen LogP contribution in [-0.4, -0.2) is 11.2 Å². The molecular formula is C14H15BrN2O2. The molecule has 2 rings (SSSR count). The molecule has 5 heteroatoms. The quantitative estimate of drug-likeness (QED) is 0.680. The summed E-state index contributed by atoms with van der Waals surface area (Å²) < 4.78 is 7.80. The maximum atomic E-state index is 11.7. The SMILES string of the molecule is Nc1ccccc1OCCCn1cccc(Br)c1=O. The highest BCUT2D eigenvalue weighted by Gasteiger charge is 2.01. The highest BCUT2D eigenvalue weighted by Crippen LogP contribution is 2.19. The number of anilines is 1. The van der Waals surface area contributed by atoms with Gasteiger partial charge in [0.05, 0.1) is 16.8 Å². The van der Waals surface area contributed by atoms with E-state index in [1.54, 1.807) is 22.9 Å². The molecule has 1 aromatic carbocycles. The van der Waals surface area contributed by atoms with Crippen LogP contribution in [0.3, 0.4) is 0 Å². The summed E-state index contributed by atoms with van der Waals surface area (Å²) in [5.41, 5.74) is 6.37. The molecular weight excluding hydrogens is 308 g/mol. The Bertz CT molecular complexity index is 610. The van der Waals surface area contributed by atoms with Crippen LogP contribution in [0.15, 0.2) is 51.9 Å². The number of pyridine rings is 1. The van der Waals surface area contributed by atoms with Crippen LogP contribution >= 0.6 is 15.9 Å². The Balaban J connectivity index is 1.86. The molecule has 0 aliphatic carbocycles. The van der Waals surface area contributed by atoms with E-state index in [2.05, 4.69) is 15.9 Å². The predicted octanol–water partition coefficient (Wildman–Crippen LogP) is 2.66. The summed E-state index contributed by atoms with van der Waals surface area (Å²) in [6.45, 7) is 1.14. The Hall–Kier alpha value is -1.75. The highest BCUT2D eigenvalue weighted by atomic mass is 79.9. The van der Waals surface area contributed by atoms with Gasteiger partial charge in [-0.05, 0) is 46.6 Å². The van der Waals surface area contributed by atoms with Crippen molar-refractivity contribution in [2.75, 3.05) is 12.3 Å². The molecule has 0 fully saturated rings. The van der Waals surface area contributed by atoms with Crippen LogP contribution in [0.4, 0.5) is 5.69 Å². The molecule has 0 aliphatic rings. The summed E-state index contributed by atoms with van der Waals surface area (Å²) >= 11 is 3.22. The van der Waals surface area contributed by atoms with Crippen LogP contribution in [-0.2, 0) is 6.54 Å². The Kier molecular flexibility index (Phi) is 4.63. The molecule has 0 aliphatic heterocycles. The molecule has 100 valence electrons. The number of nitrogen functional groups attached to an aromatic ring is 1. The Morgan fingerprint density at radius 2 is 2.00 bits per heavy atom. The fourth-order valence-electron chi connectivity index (χ4n) is 1.71. The van der Waals surface area contributed by atoms with Crippen LogP contribution in [0.5, 0.6) is 5.75 Å². The van der Waals surface area contributed by atoms with Crippen molar-refractivity contribution in [2.24, 2.45) is 0 Å². The van der Waals surface area contributed by atoms with Crippen molar-refractivity contribution in [3.63, 3.8) is 0 Å². The Morgan fingerprint density at radius 1 is 1.21 bits per heavy atom. The van der Waals surface area contributed by atoms with E-state index in [9.17, 15) is 4.79 Å². The second-order valence-corrected chi connectivity index (χ2v) is 4.95. The first-order valence-corrected chi connectivity index (χ1v) is 6.80. The maximum Gasteiger partial charge on any atom is 0.264 e. The summed E-state index contributed by atoms with van der Waals surface area (Å²) in [6, 6.07) is 10.9. The standard InChI is InChI=1S/C14H15BrN2O2/c15-11-5-3-8-17(14(11)18)9-4-10-19-13-7-2-1-6-12(13)16/h1-3,5-8H,4,9-10,16H2. The first-order chi connectivity index (χ1) is 9.18. The van der Waals surface area contributed by atoms with Gasteiger partial charge in [-0.25, -0.2) is 0 Å². The van der Waals surface area contributed by atoms with E-state index in [-0.39, 0.29) is 5.56 Å². The van der Waals surface area contributed by atoms with Gasteiger partial charge in [0.25, 0.3) is 5.56 Å². The molecule has 0 amide bonds. The minimum absolute atomic E-state index is 0.0262. The van der Waals surface area contributed by atoms with E-state index in [0.717, 1.165) is 6.42 Å². The summed E-state index contributed by atoms with van der Waals surface area (Å²) in [4.78, 5) is 11.7. The molecule has 0 spiro atoms. The van der Waals surface area contributed by atoms with Gasteiger partial charge in [-0.1, -0.05) is 12.1 Å². The third kappa shape index (κ3) is 3.61.